The van der Waals surface area contributed by atoms with Crippen molar-refractivity contribution in [2.75, 3.05) is 24.7 Å². The third kappa shape index (κ3) is 7.82. The van der Waals surface area contributed by atoms with Crippen LogP contribution in [-0.4, -0.2) is 40.2 Å². The Balaban J connectivity index is 2.00. The molecule has 2 amide bonds. The maximum atomic E-state index is 12.4. The Kier molecular flexibility index (Phi) is 8.26. The van der Waals surface area contributed by atoms with Crippen LogP contribution < -0.4 is 25.0 Å². The number of amides is 2. The van der Waals surface area contributed by atoms with E-state index in [2.05, 4.69) is 29.4 Å². The van der Waals surface area contributed by atoms with Gasteiger partial charge in [-0.1, -0.05) is 19.9 Å². The first-order chi connectivity index (χ1) is 14.6. The number of nitrogens with one attached hydrogen (secondary N) is 3. The molecule has 9 nitrogen and oxygen atoms in total. The molecule has 168 valence electrons. The van der Waals surface area contributed by atoms with Gasteiger partial charge in [-0.3, -0.25) is 25.2 Å². The lowest BCUT2D eigenvalue weighted by molar-refractivity contribution is 0.0846. The molecule has 0 radical (unpaired) electrons. The number of carbonyl (C=O) groups excluding carboxylic acids is 2. The molecule has 0 unspecified atom stereocenters. The molecule has 0 bridgehead atoms. The average molecular weight is 450 g/mol. The molecule has 3 N–H and O–H groups in total. The second kappa shape index (κ2) is 10.7. The van der Waals surface area contributed by atoms with Crippen LogP contribution in [0.15, 0.2) is 42.5 Å². The molecule has 0 aliphatic heterocycles. The number of hydrazine groups is 1. The van der Waals surface area contributed by atoms with E-state index < -0.39 is 21.8 Å². The van der Waals surface area contributed by atoms with E-state index in [9.17, 15) is 18.0 Å². The van der Waals surface area contributed by atoms with E-state index in [4.69, 9.17) is 9.47 Å². The Bertz CT molecular complexity index is 1040. The number of carbonyl (C=O) groups is 2. The fourth-order valence-electron chi connectivity index (χ4n) is 2.53. The van der Waals surface area contributed by atoms with Crippen LogP contribution in [0.25, 0.3) is 0 Å². The van der Waals surface area contributed by atoms with E-state index in [1.165, 1.54) is 37.4 Å². The predicted molar refractivity (Wildman–Crippen MR) is 118 cm³/mol. The van der Waals surface area contributed by atoms with E-state index in [1.807, 2.05) is 0 Å². The zero-order valence-corrected chi connectivity index (χ0v) is 18.7. The number of methoxy groups -OCH3 is 1. The van der Waals surface area contributed by atoms with Gasteiger partial charge in [0.1, 0.15) is 0 Å². The van der Waals surface area contributed by atoms with Gasteiger partial charge in [-0.05, 0) is 48.7 Å². The summed E-state index contributed by atoms with van der Waals surface area (Å²) < 4.78 is 35.9. The number of ether oxygens (including phenoxy) is 2. The maximum absolute atomic E-state index is 12.4. The Labute approximate surface area is 182 Å². The molecule has 0 spiro atoms. The summed E-state index contributed by atoms with van der Waals surface area (Å²) in [5.41, 5.74) is 5.29. The molecule has 2 aromatic carbocycles. The number of hydrogen-bond acceptors (Lipinski definition) is 6. The van der Waals surface area contributed by atoms with Crippen molar-refractivity contribution in [3.05, 3.63) is 53.6 Å². The van der Waals surface area contributed by atoms with E-state index in [0.717, 1.165) is 12.7 Å². The van der Waals surface area contributed by atoms with Crippen LogP contribution in [0.4, 0.5) is 5.69 Å². The monoisotopic (exact) mass is 449 g/mol. The van der Waals surface area contributed by atoms with Crippen molar-refractivity contribution in [2.24, 2.45) is 5.92 Å². The Hall–Kier alpha value is -3.27. The molecule has 0 aliphatic carbocycles. The van der Waals surface area contributed by atoms with Gasteiger partial charge in [-0.15, -0.1) is 0 Å². The molecule has 10 heteroatoms. The molecule has 0 heterocycles. The number of benzene rings is 2. The number of hydrogen-bond donors (Lipinski definition) is 3. The number of sulfonamides is 1. The third-order valence-corrected chi connectivity index (χ3v) is 4.70. The first-order valence-corrected chi connectivity index (χ1v) is 11.5. The molecule has 0 aromatic heterocycles. The molecule has 31 heavy (non-hydrogen) atoms. The summed E-state index contributed by atoms with van der Waals surface area (Å²) in [6.07, 6.45) is 1.90. The molecule has 0 saturated carbocycles. The SMILES string of the molecule is COc1cc(C(=O)NNC(=O)c2cccc(NS(C)(=O)=O)c2)ccc1OCCC(C)C. The van der Waals surface area contributed by atoms with Crippen molar-refractivity contribution in [1.29, 1.82) is 0 Å². The zero-order chi connectivity index (χ0) is 23.0. The lowest BCUT2D eigenvalue weighted by Crippen LogP contribution is -2.41. The van der Waals surface area contributed by atoms with E-state index in [1.54, 1.807) is 12.1 Å². The summed E-state index contributed by atoms with van der Waals surface area (Å²) in [7, 11) is -2.00. The van der Waals surface area contributed by atoms with Crippen LogP contribution in [-0.2, 0) is 10.0 Å². The standard InChI is InChI=1S/C21H27N3O6S/c1-14(2)10-11-30-18-9-8-16(13-19(18)29-3)21(26)23-22-20(25)15-6-5-7-17(12-15)24-31(4,27)28/h5-9,12-14,24H,10-11H2,1-4H3,(H,22,25)(H,23,26). The van der Waals surface area contributed by atoms with Gasteiger partial charge in [0.05, 0.1) is 20.0 Å². The van der Waals surface area contributed by atoms with E-state index >= 15 is 0 Å². The van der Waals surface area contributed by atoms with E-state index in [-0.39, 0.29) is 16.8 Å². The second-order valence-corrected chi connectivity index (χ2v) is 9.01. The normalized spacial score (nSPS) is 11.0. The highest BCUT2D eigenvalue weighted by atomic mass is 32.2. The van der Waals surface area contributed by atoms with Gasteiger partial charge in [0, 0.05) is 16.8 Å². The van der Waals surface area contributed by atoms with Crippen LogP contribution in [0.2, 0.25) is 0 Å². The van der Waals surface area contributed by atoms with Crippen molar-refractivity contribution in [2.45, 2.75) is 20.3 Å². The first kappa shape index (κ1) is 24.0. The smallest absolute Gasteiger partial charge is 0.269 e. The van der Waals surface area contributed by atoms with Gasteiger partial charge < -0.3 is 9.47 Å². The summed E-state index contributed by atoms with van der Waals surface area (Å²) in [4.78, 5) is 24.7. The Morgan fingerprint density at radius 3 is 2.19 bits per heavy atom. The largest absolute Gasteiger partial charge is 0.493 e. The van der Waals surface area contributed by atoms with Gasteiger partial charge in [0.25, 0.3) is 11.8 Å². The topological polar surface area (TPSA) is 123 Å². The molecule has 0 aliphatic rings. The van der Waals surface area contributed by atoms with Gasteiger partial charge in [-0.2, -0.15) is 0 Å². The van der Waals surface area contributed by atoms with Crippen LogP contribution in [0, 0.1) is 5.92 Å². The Morgan fingerprint density at radius 1 is 0.968 bits per heavy atom. The number of anilines is 1. The summed E-state index contributed by atoms with van der Waals surface area (Å²) in [5, 5.41) is 0. The Morgan fingerprint density at radius 2 is 1.61 bits per heavy atom. The highest BCUT2D eigenvalue weighted by molar-refractivity contribution is 7.92. The summed E-state index contributed by atoms with van der Waals surface area (Å²) in [5.74, 6) is 0.278. The van der Waals surface area contributed by atoms with Crippen LogP contribution in [0.5, 0.6) is 11.5 Å². The van der Waals surface area contributed by atoms with Crippen molar-refractivity contribution >= 4 is 27.5 Å². The minimum atomic E-state index is -3.48. The van der Waals surface area contributed by atoms with E-state index in [0.29, 0.717) is 24.0 Å². The maximum Gasteiger partial charge on any atom is 0.269 e. The lowest BCUT2D eigenvalue weighted by Gasteiger charge is -2.13. The van der Waals surface area contributed by atoms with Crippen LogP contribution in [0.1, 0.15) is 41.0 Å². The minimum Gasteiger partial charge on any atom is -0.493 e. The summed E-state index contributed by atoms with van der Waals surface area (Å²) in [6, 6.07) is 10.6. The van der Waals surface area contributed by atoms with Gasteiger partial charge in [-0.25, -0.2) is 8.42 Å². The van der Waals surface area contributed by atoms with Gasteiger partial charge in [0.15, 0.2) is 11.5 Å². The van der Waals surface area contributed by atoms with Gasteiger partial charge >= 0.3 is 0 Å². The summed E-state index contributed by atoms with van der Waals surface area (Å²) >= 11 is 0. The quantitative estimate of drug-likeness (QED) is 0.506. The average Bonchev–Trinajstić information content (AvgIpc) is 2.70. The third-order valence-electron chi connectivity index (χ3n) is 4.10. The lowest BCUT2D eigenvalue weighted by atomic mass is 10.1. The van der Waals surface area contributed by atoms with Crippen LogP contribution >= 0.6 is 0 Å². The molecule has 0 atom stereocenters. The highest BCUT2D eigenvalue weighted by Gasteiger charge is 2.14. The van der Waals surface area contributed by atoms with Crippen molar-refractivity contribution < 1.29 is 27.5 Å². The second-order valence-electron chi connectivity index (χ2n) is 7.26. The van der Waals surface area contributed by atoms with Gasteiger partial charge in [0.2, 0.25) is 10.0 Å². The predicted octanol–water partition coefficient (Wildman–Crippen LogP) is 2.57. The fourth-order valence-corrected chi connectivity index (χ4v) is 3.08. The van der Waals surface area contributed by atoms with Crippen molar-refractivity contribution in [1.82, 2.24) is 10.9 Å². The molecular weight excluding hydrogens is 422 g/mol. The highest BCUT2D eigenvalue weighted by Crippen LogP contribution is 2.28. The van der Waals surface area contributed by atoms with Crippen molar-refractivity contribution in [3.63, 3.8) is 0 Å². The zero-order valence-electron chi connectivity index (χ0n) is 17.9. The number of rotatable bonds is 9. The molecule has 0 fully saturated rings. The molecular formula is C21H27N3O6S. The molecule has 0 saturated heterocycles. The first-order valence-electron chi connectivity index (χ1n) is 9.58. The minimum absolute atomic E-state index is 0.167. The van der Waals surface area contributed by atoms with Crippen molar-refractivity contribution in [3.8, 4) is 11.5 Å². The fraction of sp³-hybridized carbons (Fsp3) is 0.333. The molecule has 2 aromatic rings. The molecule has 2 rings (SSSR count). The van der Waals surface area contributed by atoms with Crippen LogP contribution in [0.3, 0.4) is 0 Å². The summed E-state index contributed by atoms with van der Waals surface area (Å²) in [6.45, 7) is 4.73.